The van der Waals surface area contributed by atoms with Gasteiger partial charge >= 0.3 is 0 Å². The van der Waals surface area contributed by atoms with Crippen molar-refractivity contribution in [3.8, 4) is 5.69 Å². The number of carbonyl (C=O) groups is 1. The third kappa shape index (κ3) is 3.35. The van der Waals surface area contributed by atoms with Crippen molar-refractivity contribution in [1.82, 2.24) is 19.2 Å². The molecule has 3 heterocycles. The average Bonchev–Trinajstić information content (AvgIpc) is 3.00. The molecule has 3 aromatic rings. The van der Waals surface area contributed by atoms with Crippen LogP contribution < -0.4 is 5.56 Å². The van der Waals surface area contributed by atoms with E-state index in [1.165, 1.54) is 5.56 Å². The number of likely N-dealkylation sites (tertiary alicyclic amines) is 1. The Morgan fingerprint density at radius 1 is 1.14 bits per heavy atom. The fourth-order valence-corrected chi connectivity index (χ4v) is 3.85. The van der Waals surface area contributed by atoms with E-state index in [4.69, 9.17) is 0 Å². The molecule has 0 spiro atoms. The molecule has 0 saturated carbocycles. The van der Waals surface area contributed by atoms with E-state index in [-0.39, 0.29) is 18.0 Å². The van der Waals surface area contributed by atoms with E-state index in [2.05, 4.69) is 18.8 Å². The molecular formula is C22H26N4O2. The number of aromatic nitrogens is 3. The number of hydrogen-bond donors (Lipinski definition) is 0. The van der Waals surface area contributed by atoms with Crippen LogP contribution in [0.3, 0.4) is 0 Å². The number of benzene rings is 1. The van der Waals surface area contributed by atoms with E-state index >= 15 is 0 Å². The van der Waals surface area contributed by atoms with E-state index in [0.29, 0.717) is 17.0 Å². The maximum Gasteiger partial charge on any atom is 0.280 e. The Morgan fingerprint density at radius 3 is 2.54 bits per heavy atom. The van der Waals surface area contributed by atoms with Gasteiger partial charge in [0, 0.05) is 19.3 Å². The Balaban J connectivity index is 1.75. The second-order valence-electron chi connectivity index (χ2n) is 7.63. The summed E-state index contributed by atoms with van der Waals surface area (Å²) in [6.07, 6.45) is 4.66. The lowest BCUT2D eigenvalue weighted by Gasteiger charge is -2.30. The van der Waals surface area contributed by atoms with Crippen molar-refractivity contribution in [2.45, 2.75) is 39.7 Å². The summed E-state index contributed by atoms with van der Waals surface area (Å²) in [4.78, 5) is 32.4. The van der Waals surface area contributed by atoms with E-state index in [1.807, 2.05) is 29.2 Å². The minimum Gasteiger partial charge on any atom is -0.341 e. The van der Waals surface area contributed by atoms with Crippen molar-refractivity contribution in [2.24, 2.45) is 5.92 Å². The smallest absolute Gasteiger partial charge is 0.280 e. The molecule has 1 aromatic carbocycles. The quantitative estimate of drug-likeness (QED) is 0.701. The normalized spacial score (nSPS) is 15.3. The number of aryl methyl sites for hydroxylation is 1. The van der Waals surface area contributed by atoms with Gasteiger partial charge < -0.3 is 4.90 Å². The van der Waals surface area contributed by atoms with Gasteiger partial charge in [-0.15, -0.1) is 0 Å². The van der Waals surface area contributed by atoms with Crippen LogP contribution in [0.5, 0.6) is 0 Å². The minimum atomic E-state index is -0.146. The molecule has 1 saturated heterocycles. The second kappa shape index (κ2) is 7.62. The first-order valence-corrected chi connectivity index (χ1v) is 10.0. The van der Waals surface area contributed by atoms with Gasteiger partial charge in [-0.25, -0.2) is 9.67 Å². The molecule has 0 atom stereocenters. The van der Waals surface area contributed by atoms with E-state index in [0.717, 1.165) is 38.0 Å². The summed E-state index contributed by atoms with van der Waals surface area (Å²) in [7, 11) is 0. The predicted octanol–water partition coefficient (Wildman–Crippen LogP) is 3.01. The van der Waals surface area contributed by atoms with Crippen LogP contribution in [0.1, 0.15) is 32.3 Å². The number of nitrogens with zero attached hydrogens (tertiary/aromatic N) is 4. The van der Waals surface area contributed by atoms with Crippen LogP contribution in [0.25, 0.3) is 16.7 Å². The maximum absolute atomic E-state index is 13.1. The monoisotopic (exact) mass is 378 g/mol. The van der Waals surface area contributed by atoms with Gasteiger partial charge in [0.25, 0.3) is 5.56 Å². The Bertz CT molecular complexity index is 1040. The van der Waals surface area contributed by atoms with Gasteiger partial charge in [-0.05, 0) is 55.0 Å². The molecular weight excluding hydrogens is 352 g/mol. The van der Waals surface area contributed by atoms with Crippen LogP contribution >= 0.6 is 0 Å². The number of hydrogen-bond acceptors (Lipinski definition) is 3. The number of fused-ring (bicyclic) bond motifs is 1. The number of amides is 1. The van der Waals surface area contributed by atoms with Crippen LogP contribution in [-0.2, 0) is 17.8 Å². The molecule has 6 heteroatoms. The first-order valence-electron chi connectivity index (χ1n) is 10.0. The zero-order chi connectivity index (χ0) is 19.7. The SMILES string of the molecule is CCc1ccc(-n2c(=O)c3cccnc3n2CC(=O)N2CCC(C)CC2)cc1. The Morgan fingerprint density at radius 2 is 1.86 bits per heavy atom. The molecule has 1 amide bonds. The molecule has 6 nitrogen and oxygen atoms in total. The van der Waals surface area contributed by atoms with Gasteiger partial charge in [0.15, 0.2) is 5.65 Å². The fourth-order valence-electron chi connectivity index (χ4n) is 3.85. The van der Waals surface area contributed by atoms with Crippen molar-refractivity contribution in [3.63, 3.8) is 0 Å². The van der Waals surface area contributed by atoms with Crippen LogP contribution in [0, 0.1) is 5.92 Å². The first kappa shape index (κ1) is 18.5. The van der Waals surface area contributed by atoms with Gasteiger partial charge in [0.1, 0.15) is 6.54 Å². The third-order valence-electron chi connectivity index (χ3n) is 5.71. The summed E-state index contributed by atoms with van der Waals surface area (Å²) in [6.45, 7) is 5.99. The highest BCUT2D eigenvalue weighted by atomic mass is 16.2. The molecule has 1 aliphatic heterocycles. The lowest BCUT2D eigenvalue weighted by atomic mass is 9.99. The molecule has 1 aliphatic rings. The van der Waals surface area contributed by atoms with E-state index in [9.17, 15) is 9.59 Å². The van der Waals surface area contributed by atoms with Crippen molar-refractivity contribution >= 4 is 16.9 Å². The van der Waals surface area contributed by atoms with E-state index in [1.54, 1.807) is 27.7 Å². The molecule has 2 aromatic heterocycles. The summed E-state index contributed by atoms with van der Waals surface area (Å²) < 4.78 is 3.31. The van der Waals surface area contributed by atoms with Gasteiger partial charge in [0.05, 0.1) is 11.1 Å². The number of rotatable bonds is 4. The molecule has 0 bridgehead atoms. The first-order chi connectivity index (χ1) is 13.6. The molecule has 146 valence electrons. The lowest BCUT2D eigenvalue weighted by Crippen LogP contribution is -2.40. The average molecular weight is 378 g/mol. The molecule has 0 radical (unpaired) electrons. The van der Waals surface area contributed by atoms with Crippen LogP contribution in [0.2, 0.25) is 0 Å². The molecule has 28 heavy (non-hydrogen) atoms. The minimum absolute atomic E-state index is 0.0355. The summed E-state index contributed by atoms with van der Waals surface area (Å²) in [6, 6.07) is 11.4. The van der Waals surface area contributed by atoms with Gasteiger partial charge in [-0.1, -0.05) is 26.0 Å². The summed E-state index contributed by atoms with van der Waals surface area (Å²) in [5.41, 5.74) is 2.36. The third-order valence-corrected chi connectivity index (χ3v) is 5.71. The Kier molecular flexibility index (Phi) is 5.03. The van der Waals surface area contributed by atoms with Gasteiger partial charge in [0.2, 0.25) is 5.91 Å². The molecule has 0 unspecified atom stereocenters. The van der Waals surface area contributed by atoms with Crippen LogP contribution in [0.15, 0.2) is 47.4 Å². The number of piperidine rings is 1. The zero-order valence-electron chi connectivity index (χ0n) is 16.5. The molecule has 4 rings (SSSR count). The van der Waals surface area contributed by atoms with Gasteiger partial charge in [-0.2, -0.15) is 0 Å². The van der Waals surface area contributed by atoms with Crippen LogP contribution in [0.4, 0.5) is 0 Å². The topological polar surface area (TPSA) is 60.1 Å². The number of pyridine rings is 1. The lowest BCUT2D eigenvalue weighted by molar-refractivity contribution is -0.133. The fraction of sp³-hybridized carbons (Fsp3) is 0.409. The molecule has 0 aliphatic carbocycles. The van der Waals surface area contributed by atoms with Crippen molar-refractivity contribution in [3.05, 3.63) is 58.5 Å². The van der Waals surface area contributed by atoms with Crippen molar-refractivity contribution in [1.29, 1.82) is 0 Å². The number of carbonyl (C=O) groups excluding carboxylic acids is 1. The standard InChI is InChI=1S/C22H26N4O2/c1-3-17-6-8-18(9-7-17)26-22(28)19-5-4-12-23-21(19)25(26)15-20(27)24-13-10-16(2)11-14-24/h4-9,12,16H,3,10-11,13-15H2,1-2H3. The highest BCUT2D eigenvalue weighted by Crippen LogP contribution is 2.18. The Labute approximate surface area is 164 Å². The zero-order valence-corrected chi connectivity index (χ0v) is 16.5. The van der Waals surface area contributed by atoms with E-state index < -0.39 is 0 Å². The predicted molar refractivity (Wildman–Crippen MR) is 110 cm³/mol. The summed E-state index contributed by atoms with van der Waals surface area (Å²) >= 11 is 0. The van der Waals surface area contributed by atoms with Crippen molar-refractivity contribution < 1.29 is 4.79 Å². The van der Waals surface area contributed by atoms with Gasteiger partial charge in [-0.3, -0.25) is 14.3 Å². The molecule has 1 fully saturated rings. The van der Waals surface area contributed by atoms with Crippen LogP contribution in [-0.4, -0.2) is 38.2 Å². The van der Waals surface area contributed by atoms with Crippen molar-refractivity contribution in [2.75, 3.05) is 13.1 Å². The molecule has 0 N–H and O–H groups in total. The Hall–Kier alpha value is -2.89. The second-order valence-corrected chi connectivity index (χ2v) is 7.63. The maximum atomic E-state index is 13.1. The highest BCUT2D eigenvalue weighted by molar-refractivity contribution is 5.80. The largest absolute Gasteiger partial charge is 0.341 e. The summed E-state index contributed by atoms with van der Waals surface area (Å²) in [5.74, 6) is 0.696. The highest BCUT2D eigenvalue weighted by Gasteiger charge is 2.23. The summed E-state index contributed by atoms with van der Waals surface area (Å²) in [5, 5.41) is 0.530.